The lowest BCUT2D eigenvalue weighted by atomic mass is 10.0. The van der Waals surface area contributed by atoms with Crippen LogP contribution in [0.5, 0.6) is 11.5 Å². The molecule has 0 saturated carbocycles. The van der Waals surface area contributed by atoms with Crippen molar-refractivity contribution < 1.29 is 14.3 Å². The van der Waals surface area contributed by atoms with E-state index in [9.17, 15) is 4.79 Å². The predicted molar refractivity (Wildman–Crippen MR) is 163 cm³/mol. The van der Waals surface area contributed by atoms with E-state index >= 15 is 0 Å². The summed E-state index contributed by atoms with van der Waals surface area (Å²) in [6, 6.07) is 44.5. The van der Waals surface area contributed by atoms with Crippen LogP contribution in [0.1, 0.15) is 22.7 Å². The Morgan fingerprint density at radius 3 is 1.88 bits per heavy atom. The molecule has 0 bridgehead atoms. The highest BCUT2D eigenvalue weighted by molar-refractivity contribution is 8.14. The molecule has 0 N–H and O–H groups in total. The Morgan fingerprint density at radius 2 is 1.23 bits per heavy atom. The van der Waals surface area contributed by atoms with Crippen LogP contribution in [0.15, 0.2) is 133 Å². The van der Waals surface area contributed by atoms with Gasteiger partial charge < -0.3 is 9.47 Å². The standard InChI is InChI=1S/C35H29NO3S/c37-35-36(30-18-16-29(17-19-30)28-14-8-3-9-15-28)33(25-40-35)32-21-20-31(38-23-26-10-4-1-5-11-26)22-34(32)39-24-27-12-6-2-7-13-27/h1-22,33H,23-25H2. The van der Waals surface area contributed by atoms with Crippen LogP contribution < -0.4 is 14.4 Å². The molecule has 0 aromatic heterocycles. The first-order valence-corrected chi connectivity index (χ1v) is 14.3. The van der Waals surface area contributed by atoms with E-state index in [4.69, 9.17) is 9.47 Å². The smallest absolute Gasteiger partial charge is 0.286 e. The number of thioether (sulfide) groups is 1. The van der Waals surface area contributed by atoms with Gasteiger partial charge in [-0.05, 0) is 46.5 Å². The maximum absolute atomic E-state index is 13.2. The van der Waals surface area contributed by atoms with Crippen molar-refractivity contribution in [2.24, 2.45) is 0 Å². The van der Waals surface area contributed by atoms with Gasteiger partial charge >= 0.3 is 0 Å². The maximum atomic E-state index is 13.2. The fourth-order valence-electron chi connectivity index (χ4n) is 4.86. The summed E-state index contributed by atoms with van der Waals surface area (Å²) in [5.74, 6) is 2.09. The number of benzene rings is 5. The van der Waals surface area contributed by atoms with Crippen LogP contribution in [-0.2, 0) is 13.2 Å². The van der Waals surface area contributed by atoms with Gasteiger partial charge in [-0.25, -0.2) is 0 Å². The Morgan fingerprint density at radius 1 is 0.650 bits per heavy atom. The van der Waals surface area contributed by atoms with E-state index < -0.39 is 0 Å². The summed E-state index contributed by atoms with van der Waals surface area (Å²) >= 11 is 1.34. The SMILES string of the molecule is O=C1SCC(c2ccc(OCc3ccccc3)cc2OCc2ccccc2)N1c1ccc(-c2ccccc2)cc1. The normalized spacial score (nSPS) is 14.8. The van der Waals surface area contributed by atoms with Crippen molar-refractivity contribution in [1.82, 2.24) is 0 Å². The summed E-state index contributed by atoms with van der Waals surface area (Å²) in [5.41, 5.74) is 6.28. The second-order valence-corrected chi connectivity index (χ2v) is 10.6. The topological polar surface area (TPSA) is 38.8 Å². The zero-order valence-electron chi connectivity index (χ0n) is 22.0. The summed E-state index contributed by atoms with van der Waals surface area (Å²) in [6.07, 6.45) is 0. The van der Waals surface area contributed by atoms with Gasteiger partial charge in [-0.2, -0.15) is 0 Å². The lowest BCUT2D eigenvalue weighted by Gasteiger charge is -2.26. The third-order valence-electron chi connectivity index (χ3n) is 6.96. The Labute approximate surface area is 239 Å². The molecule has 0 aliphatic carbocycles. The Hall–Kier alpha value is -4.48. The Bertz CT molecular complexity index is 1560. The van der Waals surface area contributed by atoms with Crippen molar-refractivity contribution in [2.45, 2.75) is 19.3 Å². The third kappa shape index (κ3) is 5.90. The van der Waals surface area contributed by atoms with Gasteiger partial charge in [0, 0.05) is 23.1 Å². The molecule has 5 aromatic carbocycles. The minimum Gasteiger partial charge on any atom is -0.489 e. The van der Waals surface area contributed by atoms with Gasteiger partial charge in [0.05, 0.1) is 6.04 Å². The number of rotatable bonds is 9. The molecule has 5 heteroatoms. The number of hydrogen-bond donors (Lipinski definition) is 0. The lowest BCUT2D eigenvalue weighted by molar-refractivity contribution is 0.264. The summed E-state index contributed by atoms with van der Waals surface area (Å²) in [7, 11) is 0. The second kappa shape index (κ2) is 12.1. The van der Waals surface area contributed by atoms with E-state index in [2.05, 4.69) is 24.3 Å². The second-order valence-electron chi connectivity index (χ2n) is 9.62. The molecule has 1 atom stereocenters. The number of hydrogen-bond acceptors (Lipinski definition) is 4. The molecule has 1 unspecified atom stereocenters. The van der Waals surface area contributed by atoms with Crippen molar-refractivity contribution in [3.05, 3.63) is 150 Å². The number of amides is 1. The molecule has 6 rings (SSSR count). The molecule has 0 spiro atoms. The minimum absolute atomic E-state index is 0.0378. The molecule has 1 aliphatic heterocycles. The highest BCUT2D eigenvalue weighted by atomic mass is 32.2. The van der Waals surface area contributed by atoms with Crippen LogP contribution in [-0.4, -0.2) is 11.0 Å². The summed E-state index contributed by atoms with van der Waals surface area (Å²) in [5, 5.41) is 0.0378. The van der Waals surface area contributed by atoms with Crippen molar-refractivity contribution in [2.75, 3.05) is 10.7 Å². The fourth-order valence-corrected chi connectivity index (χ4v) is 5.86. The van der Waals surface area contributed by atoms with Crippen LogP contribution in [0.2, 0.25) is 0 Å². The van der Waals surface area contributed by atoms with E-state index in [0.29, 0.717) is 19.0 Å². The van der Waals surface area contributed by atoms with Gasteiger partial charge in [0.25, 0.3) is 5.24 Å². The monoisotopic (exact) mass is 543 g/mol. The van der Waals surface area contributed by atoms with Gasteiger partial charge in [0.15, 0.2) is 0 Å². The summed E-state index contributed by atoms with van der Waals surface area (Å²) < 4.78 is 12.5. The minimum atomic E-state index is -0.158. The van der Waals surface area contributed by atoms with Gasteiger partial charge in [0.1, 0.15) is 24.7 Å². The Kier molecular flexibility index (Phi) is 7.83. The van der Waals surface area contributed by atoms with Crippen LogP contribution >= 0.6 is 11.8 Å². The van der Waals surface area contributed by atoms with Crippen LogP contribution in [0, 0.1) is 0 Å². The quantitative estimate of drug-likeness (QED) is 0.186. The molecular weight excluding hydrogens is 514 g/mol. The van der Waals surface area contributed by atoms with Crippen molar-refractivity contribution in [1.29, 1.82) is 0 Å². The number of nitrogens with zero attached hydrogens (tertiary/aromatic N) is 1. The molecule has 1 heterocycles. The molecule has 1 fully saturated rings. The van der Waals surface area contributed by atoms with Gasteiger partial charge in [-0.1, -0.05) is 115 Å². The number of carbonyl (C=O) groups is 1. The highest BCUT2D eigenvalue weighted by Gasteiger charge is 2.36. The Balaban J connectivity index is 1.29. The predicted octanol–water partition coefficient (Wildman–Crippen LogP) is 8.93. The maximum Gasteiger partial charge on any atom is 0.286 e. The third-order valence-corrected chi connectivity index (χ3v) is 7.88. The molecule has 1 saturated heterocycles. The van der Waals surface area contributed by atoms with Crippen molar-refractivity contribution in [3.8, 4) is 22.6 Å². The molecule has 40 heavy (non-hydrogen) atoms. The number of ether oxygens (including phenoxy) is 2. The van der Waals surface area contributed by atoms with Crippen LogP contribution in [0.4, 0.5) is 10.5 Å². The first-order chi connectivity index (χ1) is 19.7. The van der Waals surface area contributed by atoms with E-state index in [1.54, 1.807) is 0 Å². The molecule has 0 radical (unpaired) electrons. The van der Waals surface area contributed by atoms with Gasteiger partial charge in [0.2, 0.25) is 0 Å². The first kappa shape index (κ1) is 25.8. The molecule has 4 nitrogen and oxygen atoms in total. The van der Waals surface area contributed by atoms with E-state index in [0.717, 1.165) is 45.0 Å². The molecule has 1 amide bonds. The van der Waals surface area contributed by atoms with Gasteiger partial charge in [-0.15, -0.1) is 0 Å². The summed E-state index contributed by atoms with van der Waals surface area (Å²) in [6.45, 7) is 0.894. The van der Waals surface area contributed by atoms with Crippen LogP contribution in [0.3, 0.4) is 0 Å². The number of carbonyl (C=O) groups excluding carboxylic acids is 1. The summed E-state index contributed by atoms with van der Waals surface area (Å²) in [4.78, 5) is 15.0. The van der Waals surface area contributed by atoms with E-state index in [1.807, 2.05) is 114 Å². The average Bonchev–Trinajstić information content (AvgIpc) is 3.41. The fraction of sp³-hybridized carbons (Fsp3) is 0.114. The lowest BCUT2D eigenvalue weighted by Crippen LogP contribution is -2.27. The average molecular weight is 544 g/mol. The number of anilines is 1. The van der Waals surface area contributed by atoms with E-state index in [-0.39, 0.29) is 11.3 Å². The van der Waals surface area contributed by atoms with Crippen LogP contribution in [0.25, 0.3) is 11.1 Å². The zero-order valence-corrected chi connectivity index (χ0v) is 22.8. The molecule has 1 aliphatic rings. The van der Waals surface area contributed by atoms with Crippen molar-refractivity contribution in [3.63, 3.8) is 0 Å². The van der Waals surface area contributed by atoms with E-state index in [1.165, 1.54) is 11.8 Å². The molecule has 5 aromatic rings. The molecular formula is C35H29NO3S. The molecule has 198 valence electrons. The first-order valence-electron chi connectivity index (χ1n) is 13.3. The van der Waals surface area contributed by atoms with Crippen molar-refractivity contribution >= 4 is 22.7 Å². The van der Waals surface area contributed by atoms with Gasteiger partial charge in [-0.3, -0.25) is 9.69 Å². The largest absolute Gasteiger partial charge is 0.489 e. The zero-order chi connectivity index (χ0) is 27.1. The highest BCUT2D eigenvalue weighted by Crippen LogP contribution is 2.43.